The van der Waals surface area contributed by atoms with Crippen molar-refractivity contribution in [1.82, 2.24) is 9.91 Å². The first-order chi connectivity index (χ1) is 12.4. The maximum Gasteiger partial charge on any atom is 0.308 e. The number of rotatable bonds is 4. The molecule has 2 amide bonds. The lowest BCUT2D eigenvalue weighted by molar-refractivity contribution is -0.145. The highest BCUT2D eigenvalue weighted by molar-refractivity contribution is 6.39. The van der Waals surface area contributed by atoms with Crippen LogP contribution in [-0.4, -0.2) is 51.6 Å². The Morgan fingerprint density at radius 1 is 1.19 bits per heavy atom. The largest absolute Gasteiger partial charge is 0.481 e. The van der Waals surface area contributed by atoms with Crippen molar-refractivity contribution in [2.75, 3.05) is 13.1 Å². The van der Waals surface area contributed by atoms with Crippen molar-refractivity contribution in [1.29, 1.82) is 0 Å². The number of carboxylic acids is 1. The van der Waals surface area contributed by atoms with Gasteiger partial charge in [-0.1, -0.05) is 37.3 Å². The third kappa shape index (κ3) is 4.09. The van der Waals surface area contributed by atoms with Gasteiger partial charge in [-0.15, -0.1) is 0 Å². The maximum absolute atomic E-state index is 12.8. The second-order valence-corrected chi connectivity index (χ2v) is 7.07. The summed E-state index contributed by atoms with van der Waals surface area (Å²) in [6, 6.07) is 9.49. The average molecular weight is 357 g/mol. The normalized spacial score (nSPS) is 23.6. The predicted octanol–water partition coefficient (Wildman–Crippen LogP) is 1.73. The van der Waals surface area contributed by atoms with Crippen LogP contribution in [0.2, 0.25) is 0 Å². The fourth-order valence-electron chi connectivity index (χ4n) is 3.51. The zero-order valence-corrected chi connectivity index (χ0v) is 14.8. The molecule has 0 bridgehead atoms. The Kier molecular flexibility index (Phi) is 5.35. The van der Waals surface area contributed by atoms with Crippen LogP contribution in [0, 0.1) is 11.8 Å². The standard InChI is InChI=1S/C19H23N3O4/c1-13-9-15(19(25)26)12-21(10-13)18(24)16-7-8-17(23)22(20-16)11-14-5-3-2-4-6-14/h2-6,13,15H,7-12H2,1H3,(H,25,26). The molecule has 0 radical (unpaired) electrons. The summed E-state index contributed by atoms with van der Waals surface area (Å²) in [5.41, 5.74) is 1.27. The van der Waals surface area contributed by atoms with Gasteiger partial charge in [-0.2, -0.15) is 5.10 Å². The van der Waals surface area contributed by atoms with Gasteiger partial charge in [-0.3, -0.25) is 14.4 Å². The summed E-state index contributed by atoms with van der Waals surface area (Å²) in [6.07, 6.45) is 1.11. The van der Waals surface area contributed by atoms with Crippen LogP contribution in [0.4, 0.5) is 0 Å². The molecule has 2 unspecified atom stereocenters. The average Bonchev–Trinajstić information content (AvgIpc) is 2.63. The number of likely N-dealkylation sites (tertiary alicyclic amines) is 1. The highest BCUT2D eigenvalue weighted by Crippen LogP contribution is 2.23. The Labute approximate surface area is 152 Å². The van der Waals surface area contributed by atoms with E-state index in [1.54, 1.807) is 4.90 Å². The zero-order valence-electron chi connectivity index (χ0n) is 14.8. The number of hydrogen-bond acceptors (Lipinski definition) is 4. The SMILES string of the molecule is CC1CC(C(=O)O)CN(C(=O)C2=NN(Cc3ccccc3)C(=O)CC2)C1. The minimum Gasteiger partial charge on any atom is -0.481 e. The zero-order chi connectivity index (χ0) is 18.7. The van der Waals surface area contributed by atoms with E-state index >= 15 is 0 Å². The van der Waals surface area contributed by atoms with Crippen molar-refractivity contribution in [3.8, 4) is 0 Å². The second-order valence-electron chi connectivity index (χ2n) is 7.07. The lowest BCUT2D eigenvalue weighted by Gasteiger charge is -2.35. The monoisotopic (exact) mass is 357 g/mol. The van der Waals surface area contributed by atoms with Gasteiger partial charge in [0.1, 0.15) is 5.71 Å². The number of piperidine rings is 1. The van der Waals surface area contributed by atoms with E-state index in [9.17, 15) is 19.5 Å². The summed E-state index contributed by atoms with van der Waals surface area (Å²) >= 11 is 0. The Balaban J connectivity index is 1.74. The number of carboxylic acid groups (broad SMARTS) is 1. The van der Waals surface area contributed by atoms with Crippen molar-refractivity contribution < 1.29 is 19.5 Å². The molecule has 7 heteroatoms. The molecular weight excluding hydrogens is 334 g/mol. The van der Waals surface area contributed by atoms with Crippen LogP contribution in [0.3, 0.4) is 0 Å². The van der Waals surface area contributed by atoms with Crippen molar-refractivity contribution in [3.63, 3.8) is 0 Å². The molecule has 0 spiro atoms. The number of hydrazone groups is 1. The number of nitrogens with zero attached hydrogens (tertiary/aromatic N) is 3. The molecule has 1 aromatic carbocycles. The topological polar surface area (TPSA) is 90.3 Å². The Bertz CT molecular complexity index is 732. The third-order valence-corrected chi connectivity index (χ3v) is 4.82. The predicted molar refractivity (Wildman–Crippen MR) is 95.1 cm³/mol. The molecule has 7 nitrogen and oxygen atoms in total. The fraction of sp³-hybridized carbons (Fsp3) is 0.474. The number of carbonyl (C=O) groups is 3. The smallest absolute Gasteiger partial charge is 0.308 e. The van der Waals surface area contributed by atoms with Gasteiger partial charge >= 0.3 is 5.97 Å². The lowest BCUT2D eigenvalue weighted by Crippen LogP contribution is -2.49. The summed E-state index contributed by atoms with van der Waals surface area (Å²) in [6.45, 7) is 2.99. The molecule has 2 aliphatic heterocycles. The van der Waals surface area contributed by atoms with E-state index < -0.39 is 11.9 Å². The first kappa shape index (κ1) is 18.1. The van der Waals surface area contributed by atoms with E-state index in [1.807, 2.05) is 37.3 Å². The summed E-state index contributed by atoms with van der Waals surface area (Å²) in [5.74, 6) is -1.66. The fourth-order valence-corrected chi connectivity index (χ4v) is 3.51. The molecule has 1 N–H and O–H groups in total. The quantitative estimate of drug-likeness (QED) is 0.889. The van der Waals surface area contributed by atoms with Gasteiger partial charge in [-0.05, 0) is 17.9 Å². The number of carbonyl (C=O) groups excluding carboxylic acids is 2. The van der Waals surface area contributed by atoms with Gasteiger partial charge in [0.2, 0.25) is 5.91 Å². The van der Waals surface area contributed by atoms with E-state index in [0.29, 0.717) is 31.6 Å². The molecule has 0 aromatic heterocycles. The van der Waals surface area contributed by atoms with Crippen LogP contribution in [0.5, 0.6) is 0 Å². The van der Waals surface area contributed by atoms with E-state index in [4.69, 9.17) is 0 Å². The van der Waals surface area contributed by atoms with Crippen molar-refractivity contribution in [2.45, 2.75) is 32.7 Å². The van der Waals surface area contributed by atoms with Crippen molar-refractivity contribution in [2.24, 2.45) is 16.9 Å². The minimum atomic E-state index is -0.874. The number of hydrogen-bond donors (Lipinski definition) is 1. The van der Waals surface area contributed by atoms with E-state index in [1.165, 1.54) is 5.01 Å². The third-order valence-electron chi connectivity index (χ3n) is 4.82. The highest BCUT2D eigenvalue weighted by atomic mass is 16.4. The highest BCUT2D eigenvalue weighted by Gasteiger charge is 2.35. The van der Waals surface area contributed by atoms with E-state index in [0.717, 1.165) is 5.56 Å². The van der Waals surface area contributed by atoms with Crippen molar-refractivity contribution in [3.05, 3.63) is 35.9 Å². The van der Waals surface area contributed by atoms with E-state index in [2.05, 4.69) is 5.10 Å². The Morgan fingerprint density at radius 3 is 2.62 bits per heavy atom. The summed E-state index contributed by atoms with van der Waals surface area (Å²) in [4.78, 5) is 37.9. The van der Waals surface area contributed by atoms with Gasteiger partial charge in [0.05, 0.1) is 12.5 Å². The van der Waals surface area contributed by atoms with Crippen LogP contribution in [-0.2, 0) is 20.9 Å². The molecule has 0 aliphatic carbocycles. The maximum atomic E-state index is 12.8. The van der Waals surface area contributed by atoms with Crippen LogP contribution in [0.15, 0.2) is 35.4 Å². The van der Waals surface area contributed by atoms with Crippen LogP contribution >= 0.6 is 0 Å². The first-order valence-corrected chi connectivity index (χ1v) is 8.88. The molecular formula is C19H23N3O4. The van der Waals surface area contributed by atoms with Gasteiger partial charge in [-0.25, -0.2) is 5.01 Å². The lowest BCUT2D eigenvalue weighted by atomic mass is 9.90. The van der Waals surface area contributed by atoms with Gasteiger partial charge in [0.15, 0.2) is 0 Å². The summed E-state index contributed by atoms with van der Waals surface area (Å²) < 4.78 is 0. The van der Waals surface area contributed by atoms with Crippen molar-refractivity contribution >= 4 is 23.5 Å². The number of benzene rings is 1. The Morgan fingerprint density at radius 2 is 1.92 bits per heavy atom. The van der Waals surface area contributed by atoms with Crippen LogP contribution in [0.1, 0.15) is 31.7 Å². The molecule has 2 aliphatic rings. The molecule has 3 rings (SSSR count). The molecule has 1 fully saturated rings. The first-order valence-electron chi connectivity index (χ1n) is 8.88. The molecule has 0 saturated carbocycles. The van der Waals surface area contributed by atoms with Crippen LogP contribution in [0.25, 0.3) is 0 Å². The summed E-state index contributed by atoms with van der Waals surface area (Å²) in [5, 5.41) is 14.9. The summed E-state index contributed by atoms with van der Waals surface area (Å²) in [7, 11) is 0. The minimum absolute atomic E-state index is 0.110. The molecule has 26 heavy (non-hydrogen) atoms. The van der Waals surface area contributed by atoms with Gasteiger partial charge in [0, 0.05) is 25.9 Å². The molecule has 2 heterocycles. The molecule has 2 atom stereocenters. The Hall–Kier alpha value is -2.70. The van der Waals surface area contributed by atoms with Gasteiger partial charge < -0.3 is 10.0 Å². The molecule has 1 aromatic rings. The molecule has 138 valence electrons. The second kappa shape index (κ2) is 7.68. The van der Waals surface area contributed by atoms with Crippen LogP contribution < -0.4 is 0 Å². The number of amides is 2. The molecule has 1 saturated heterocycles. The van der Waals surface area contributed by atoms with E-state index in [-0.39, 0.29) is 30.7 Å². The number of aliphatic carboxylic acids is 1. The van der Waals surface area contributed by atoms with Gasteiger partial charge in [0.25, 0.3) is 5.91 Å².